The van der Waals surface area contributed by atoms with Crippen LogP contribution in [0, 0.1) is 5.92 Å². The van der Waals surface area contributed by atoms with Crippen LogP contribution in [-0.4, -0.2) is 60.3 Å². The number of rotatable bonds is 5. The summed E-state index contributed by atoms with van der Waals surface area (Å²) in [5.74, 6) is -1.13. The van der Waals surface area contributed by atoms with E-state index in [-0.39, 0.29) is 36.5 Å². The highest BCUT2D eigenvalue weighted by atomic mass is 35.5. The summed E-state index contributed by atoms with van der Waals surface area (Å²) in [4.78, 5) is 42.0. The van der Waals surface area contributed by atoms with Crippen molar-refractivity contribution >= 4 is 47.3 Å². The normalized spacial score (nSPS) is 21.9. The predicted molar refractivity (Wildman–Crippen MR) is 122 cm³/mol. The van der Waals surface area contributed by atoms with Gasteiger partial charge < -0.3 is 20.4 Å². The van der Waals surface area contributed by atoms with Gasteiger partial charge in [-0.3, -0.25) is 19.3 Å². The minimum absolute atomic E-state index is 0. The lowest BCUT2D eigenvalue weighted by atomic mass is 9.94. The Bertz CT molecular complexity index is 1070. The monoisotopic (exact) mass is 456 g/mol. The number of fused-ring (bicyclic) bond motifs is 1. The topological polar surface area (TPSA) is 104 Å². The number of morpholine rings is 1. The molecule has 1 unspecified atom stereocenters. The van der Waals surface area contributed by atoms with E-state index >= 15 is 0 Å². The van der Waals surface area contributed by atoms with Crippen LogP contribution in [0.25, 0.3) is 11.6 Å². The van der Waals surface area contributed by atoms with E-state index in [1.54, 1.807) is 0 Å². The fourth-order valence-electron chi connectivity index (χ4n) is 4.32. The Labute approximate surface area is 191 Å². The summed E-state index contributed by atoms with van der Waals surface area (Å²) in [5, 5.41) is 5.48. The fraction of sp³-hybridized carbons (Fsp3) is 0.348. The molecular weight excluding hydrogens is 432 g/mol. The van der Waals surface area contributed by atoms with Crippen LogP contribution < -0.4 is 10.6 Å². The van der Waals surface area contributed by atoms with Crippen molar-refractivity contribution in [2.45, 2.75) is 13.0 Å². The number of H-pyrrole nitrogens is 1. The SMILES string of the molecule is Cl.O=C1Nc2ccc(CC3C(=O)CNC3=O)cc2C1=Cc1cc(CN2CCOCC2)c[nH]1. The van der Waals surface area contributed by atoms with Gasteiger partial charge in [0.1, 0.15) is 5.92 Å². The van der Waals surface area contributed by atoms with E-state index in [0.29, 0.717) is 12.0 Å². The Morgan fingerprint density at radius 2 is 1.91 bits per heavy atom. The van der Waals surface area contributed by atoms with Crippen LogP contribution in [-0.2, 0) is 32.1 Å². The molecule has 0 bridgehead atoms. The van der Waals surface area contributed by atoms with Gasteiger partial charge in [0.2, 0.25) is 5.91 Å². The zero-order chi connectivity index (χ0) is 21.4. The lowest BCUT2D eigenvalue weighted by Crippen LogP contribution is -2.35. The van der Waals surface area contributed by atoms with E-state index in [2.05, 4.69) is 26.6 Å². The van der Waals surface area contributed by atoms with Crippen molar-refractivity contribution in [1.82, 2.24) is 15.2 Å². The number of aromatic nitrogens is 1. The maximum Gasteiger partial charge on any atom is 0.256 e. The van der Waals surface area contributed by atoms with Gasteiger partial charge in [-0.25, -0.2) is 0 Å². The van der Waals surface area contributed by atoms with Crippen LogP contribution >= 0.6 is 12.4 Å². The molecule has 2 saturated heterocycles. The summed E-state index contributed by atoms with van der Waals surface area (Å²) in [6.45, 7) is 4.29. The zero-order valence-corrected chi connectivity index (χ0v) is 18.3. The second-order valence-corrected chi connectivity index (χ2v) is 8.18. The first-order valence-electron chi connectivity index (χ1n) is 10.5. The number of ketones is 1. The Morgan fingerprint density at radius 1 is 1.09 bits per heavy atom. The molecule has 0 saturated carbocycles. The van der Waals surface area contributed by atoms with E-state index in [1.165, 1.54) is 0 Å². The Morgan fingerprint density at radius 3 is 2.66 bits per heavy atom. The van der Waals surface area contributed by atoms with Crippen LogP contribution in [0.1, 0.15) is 22.4 Å². The quantitative estimate of drug-likeness (QED) is 0.468. The number of anilines is 1. The highest BCUT2D eigenvalue weighted by molar-refractivity contribution is 6.34. The molecule has 2 amide bonds. The largest absolute Gasteiger partial charge is 0.379 e. The molecular formula is C23H25ClN4O4. The van der Waals surface area contributed by atoms with Crippen molar-refractivity contribution in [1.29, 1.82) is 0 Å². The smallest absolute Gasteiger partial charge is 0.256 e. The number of carbonyl (C=O) groups excluding carboxylic acids is 3. The number of nitrogens with one attached hydrogen (secondary N) is 3. The molecule has 2 fully saturated rings. The first kappa shape index (κ1) is 22.3. The van der Waals surface area contributed by atoms with E-state index < -0.39 is 5.92 Å². The van der Waals surface area contributed by atoms with E-state index in [9.17, 15) is 14.4 Å². The van der Waals surface area contributed by atoms with Gasteiger partial charge in [-0.1, -0.05) is 6.07 Å². The Hall–Kier alpha value is -2.94. The maximum absolute atomic E-state index is 12.6. The van der Waals surface area contributed by atoms with E-state index in [1.807, 2.05) is 30.5 Å². The standard InChI is InChI=1S/C23H24N4O4.ClH/c28-21-12-25-22(29)19(21)9-14-1-2-20-17(8-14)18(23(30)26-20)10-16-7-15(11-24-16)13-27-3-5-31-6-4-27;/h1-2,7-8,10-11,19,24H,3-6,9,12-13H2,(H,25,29)(H,26,30);1H. The summed E-state index contributed by atoms with van der Waals surface area (Å²) in [5.41, 5.74) is 4.97. The van der Waals surface area contributed by atoms with Gasteiger partial charge in [0.15, 0.2) is 5.78 Å². The molecule has 0 spiro atoms. The molecule has 4 heterocycles. The molecule has 0 aliphatic carbocycles. The molecule has 9 heteroatoms. The lowest BCUT2D eigenvalue weighted by Gasteiger charge is -2.25. The third-order valence-corrected chi connectivity index (χ3v) is 6.02. The van der Waals surface area contributed by atoms with Crippen LogP contribution in [0.4, 0.5) is 5.69 Å². The third-order valence-electron chi connectivity index (χ3n) is 6.02. The molecule has 3 aliphatic heterocycles. The first-order chi connectivity index (χ1) is 15.1. The minimum Gasteiger partial charge on any atom is -0.379 e. The molecule has 1 atom stereocenters. The molecule has 2 aromatic rings. The number of nitrogens with zero attached hydrogens (tertiary/aromatic N) is 1. The Kier molecular flexibility index (Phi) is 6.45. The van der Waals surface area contributed by atoms with Gasteiger partial charge in [0, 0.05) is 42.8 Å². The highest BCUT2D eigenvalue weighted by Crippen LogP contribution is 2.34. The average Bonchev–Trinajstić information content (AvgIpc) is 3.43. The van der Waals surface area contributed by atoms with Gasteiger partial charge in [-0.15, -0.1) is 12.4 Å². The fourth-order valence-corrected chi connectivity index (χ4v) is 4.32. The van der Waals surface area contributed by atoms with Crippen molar-refractivity contribution in [2.75, 3.05) is 38.2 Å². The van der Waals surface area contributed by atoms with Gasteiger partial charge in [0.25, 0.3) is 5.91 Å². The summed E-state index contributed by atoms with van der Waals surface area (Å²) in [6.07, 6.45) is 4.16. The van der Waals surface area contributed by atoms with Gasteiger partial charge in [-0.2, -0.15) is 0 Å². The van der Waals surface area contributed by atoms with Crippen LogP contribution in [0.3, 0.4) is 0 Å². The summed E-state index contributed by atoms with van der Waals surface area (Å²) >= 11 is 0. The summed E-state index contributed by atoms with van der Waals surface area (Å²) in [7, 11) is 0. The van der Waals surface area contributed by atoms with E-state index in [4.69, 9.17) is 4.74 Å². The lowest BCUT2D eigenvalue weighted by molar-refractivity contribution is -0.127. The molecule has 3 N–H and O–H groups in total. The first-order valence-corrected chi connectivity index (χ1v) is 10.5. The van der Waals surface area contributed by atoms with Crippen molar-refractivity contribution in [3.05, 3.63) is 52.8 Å². The van der Waals surface area contributed by atoms with Crippen molar-refractivity contribution in [3.8, 4) is 0 Å². The van der Waals surface area contributed by atoms with E-state index in [0.717, 1.165) is 60.9 Å². The molecule has 1 aromatic heterocycles. The number of hydrogen-bond acceptors (Lipinski definition) is 5. The third kappa shape index (κ3) is 4.48. The zero-order valence-electron chi connectivity index (χ0n) is 17.5. The number of halogens is 1. The number of benzene rings is 1. The second-order valence-electron chi connectivity index (χ2n) is 8.18. The van der Waals surface area contributed by atoms with Gasteiger partial charge in [-0.05, 0) is 41.8 Å². The molecule has 1 aromatic carbocycles. The molecule has 168 valence electrons. The molecule has 8 nitrogen and oxygen atoms in total. The number of aromatic amines is 1. The summed E-state index contributed by atoms with van der Waals surface area (Å²) < 4.78 is 5.40. The molecule has 3 aliphatic rings. The summed E-state index contributed by atoms with van der Waals surface area (Å²) in [6, 6.07) is 7.64. The average molecular weight is 457 g/mol. The second kappa shape index (κ2) is 9.28. The number of amides is 2. The van der Waals surface area contributed by atoms with Gasteiger partial charge >= 0.3 is 0 Å². The predicted octanol–water partition coefficient (Wildman–Crippen LogP) is 1.62. The van der Waals surface area contributed by atoms with Crippen molar-refractivity contribution < 1.29 is 19.1 Å². The van der Waals surface area contributed by atoms with Gasteiger partial charge in [0.05, 0.1) is 25.3 Å². The number of carbonyl (C=O) groups is 3. The minimum atomic E-state index is -0.651. The van der Waals surface area contributed by atoms with Crippen LogP contribution in [0.2, 0.25) is 0 Å². The van der Waals surface area contributed by atoms with Crippen molar-refractivity contribution in [2.24, 2.45) is 5.92 Å². The molecule has 5 rings (SSSR count). The maximum atomic E-state index is 12.6. The highest BCUT2D eigenvalue weighted by Gasteiger charge is 2.33. The van der Waals surface area contributed by atoms with Crippen molar-refractivity contribution in [3.63, 3.8) is 0 Å². The van der Waals surface area contributed by atoms with Crippen LogP contribution in [0.15, 0.2) is 30.5 Å². The number of ether oxygens (including phenoxy) is 1. The Balaban J connectivity index is 0.00000245. The number of hydrogen-bond donors (Lipinski definition) is 3. The number of Topliss-reactive ketones (excluding diaryl/α,β-unsaturated/α-hetero) is 1. The van der Waals surface area contributed by atoms with Crippen LogP contribution in [0.5, 0.6) is 0 Å². The molecule has 0 radical (unpaired) electrons. The molecule has 32 heavy (non-hydrogen) atoms.